The lowest BCUT2D eigenvalue weighted by Gasteiger charge is -2.21. The van der Waals surface area contributed by atoms with Crippen molar-refractivity contribution in [1.82, 2.24) is 5.32 Å². The van der Waals surface area contributed by atoms with E-state index in [0.717, 1.165) is 12.1 Å². The minimum absolute atomic E-state index is 0.0398. The molecule has 0 radical (unpaired) electrons. The molecule has 1 rings (SSSR count). The van der Waals surface area contributed by atoms with Gasteiger partial charge < -0.3 is 15.7 Å². The summed E-state index contributed by atoms with van der Waals surface area (Å²) in [6.45, 7) is 3.39. The van der Waals surface area contributed by atoms with Crippen molar-refractivity contribution in [3.8, 4) is 0 Å². The quantitative estimate of drug-likeness (QED) is 0.775. The maximum absolute atomic E-state index is 13.2. The number of halogens is 2. The van der Waals surface area contributed by atoms with E-state index < -0.39 is 23.3 Å². The molecule has 0 fully saturated rings. The number of carbonyl (C=O) groups excluding carboxylic acids is 1. The molecule has 0 aliphatic rings. The third-order valence-corrected chi connectivity index (χ3v) is 2.57. The van der Waals surface area contributed by atoms with Crippen molar-refractivity contribution < 1.29 is 18.7 Å². The Morgan fingerprint density at radius 2 is 2.11 bits per heavy atom. The number of hydrogen-bond acceptors (Lipinski definition) is 2. The minimum Gasteiger partial charge on any atom is -0.388 e. The highest BCUT2D eigenvalue weighted by Gasteiger charge is 2.18. The van der Waals surface area contributed by atoms with Gasteiger partial charge in [-0.15, -0.1) is 0 Å². The molecule has 100 valence electrons. The SMILES string of the molecule is CC[C@@](C)(O)CNC(=O)Nc1ccc(F)cc1F. The molecule has 0 spiro atoms. The predicted molar refractivity (Wildman–Crippen MR) is 64.3 cm³/mol. The Labute approximate surface area is 104 Å². The van der Waals surface area contributed by atoms with Gasteiger partial charge in [-0.25, -0.2) is 13.6 Å². The summed E-state index contributed by atoms with van der Waals surface area (Å²) in [5, 5.41) is 14.3. The molecule has 1 aromatic carbocycles. The van der Waals surface area contributed by atoms with E-state index in [9.17, 15) is 18.7 Å². The van der Waals surface area contributed by atoms with Crippen LogP contribution in [0.4, 0.5) is 19.3 Å². The summed E-state index contributed by atoms with van der Waals surface area (Å²) in [7, 11) is 0. The summed E-state index contributed by atoms with van der Waals surface area (Å²) < 4.78 is 25.9. The van der Waals surface area contributed by atoms with Gasteiger partial charge in [0, 0.05) is 12.6 Å². The normalized spacial score (nSPS) is 13.8. The third kappa shape index (κ3) is 4.29. The molecule has 6 heteroatoms. The van der Waals surface area contributed by atoms with Gasteiger partial charge in [-0.1, -0.05) is 6.92 Å². The molecule has 2 amide bonds. The van der Waals surface area contributed by atoms with Crippen molar-refractivity contribution in [1.29, 1.82) is 0 Å². The van der Waals surface area contributed by atoms with Crippen molar-refractivity contribution >= 4 is 11.7 Å². The second kappa shape index (κ2) is 5.77. The zero-order valence-corrected chi connectivity index (χ0v) is 10.3. The van der Waals surface area contributed by atoms with Gasteiger partial charge in [-0.2, -0.15) is 0 Å². The number of carbonyl (C=O) groups is 1. The van der Waals surface area contributed by atoms with Crippen molar-refractivity contribution in [2.24, 2.45) is 0 Å². The van der Waals surface area contributed by atoms with Crippen LogP contribution in [0.5, 0.6) is 0 Å². The van der Waals surface area contributed by atoms with E-state index >= 15 is 0 Å². The van der Waals surface area contributed by atoms with Crippen molar-refractivity contribution in [2.75, 3.05) is 11.9 Å². The number of nitrogens with one attached hydrogen (secondary N) is 2. The van der Waals surface area contributed by atoms with Crippen LogP contribution in [0.2, 0.25) is 0 Å². The lowest BCUT2D eigenvalue weighted by atomic mass is 10.0. The number of rotatable bonds is 4. The highest BCUT2D eigenvalue weighted by molar-refractivity contribution is 5.89. The summed E-state index contributed by atoms with van der Waals surface area (Å²) in [4.78, 5) is 11.4. The Bertz CT molecular complexity index is 436. The number of amides is 2. The smallest absolute Gasteiger partial charge is 0.319 e. The standard InChI is InChI=1S/C12H16F2N2O2/c1-3-12(2,18)7-15-11(17)16-10-5-4-8(13)6-9(10)14/h4-6,18H,3,7H2,1-2H3,(H2,15,16,17)/t12-/m1/s1. The number of urea groups is 1. The molecular weight excluding hydrogens is 242 g/mol. The van der Waals surface area contributed by atoms with Crippen LogP contribution in [0.1, 0.15) is 20.3 Å². The topological polar surface area (TPSA) is 61.4 Å². The van der Waals surface area contributed by atoms with E-state index in [-0.39, 0.29) is 12.2 Å². The molecule has 0 heterocycles. The number of hydrogen-bond donors (Lipinski definition) is 3. The summed E-state index contributed by atoms with van der Waals surface area (Å²) in [6, 6.07) is 2.19. The molecule has 0 aromatic heterocycles. The largest absolute Gasteiger partial charge is 0.388 e. The maximum Gasteiger partial charge on any atom is 0.319 e. The number of aliphatic hydroxyl groups is 1. The van der Waals surface area contributed by atoms with Gasteiger partial charge in [-0.3, -0.25) is 0 Å². The first-order chi connectivity index (χ1) is 8.34. The fourth-order valence-electron chi connectivity index (χ4n) is 1.15. The number of benzene rings is 1. The van der Waals surface area contributed by atoms with Gasteiger partial charge in [0.2, 0.25) is 0 Å². The molecule has 0 aliphatic carbocycles. The van der Waals surface area contributed by atoms with E-state index in [2.05, 4.69) is 10.6 Å². The molecule has 0 aliphatic heterocycles. The van der Waals surface area contributed by atoms with E-state index in [0.29, 0.717) is 12.5 Å². The Kier molecular flexibility index (Phi) is 4.61. The van der Waals surface area contributed by atoms with E-state index in [1.807, 2.05) is 0 Å². The van der Waals surface area contributed by atoms with Crippen LogP contribution in [-0.4, -0.2) is 23.3 Å². The molecule has 3 N–H and O–H groups in total. The Hall–Kier alpha value is -1.69. The molecule has 4 nitrogen and oxygen atoms in total. The van der Waals surface area contributed by atoms with Crippen LogP contribution in [0.3, 0.4) is 0 Å². The molecule has 0 saturated heterocycles. The van der Waals surface area contributed by atoms with Gasteiger partial charge in [-0.05, 0) is 25.5 Å². The predicted octanol–water partition coefficient (Wildman–Crippen LogP) is 2.25. The Balaban J connectivity index is 2.55. The van der Waals surface area contributed by atoms with Gasteiger partial charge >= 0.3 is 6.03 Å². The molecule has 0 saturated carbocycles. The van der Waals surface area contributed by atoms with Gasteiger partial charge in [0.05, 0.1) is 11.3 Å². The van der Waals surface area contributed by atoms with Crippen molar-refractivity contribution in [3.05, 3.63) is 29.8 Å². The van der Waals surface area contributed by atoms with Crippen LogP contribution >= 0.6 is 0 Å². The Morgan fingerprint density at radius 1 is 1.44 bits per heavy atom. The molecule has 1 atom stereocenters. The van der Waals surface area contributed by atoms with Crippen LogP contribution < -0.4 is 10.6 Å². The molecule has 18 heavy (non-hydrogen) atoms. The average Bonchev–Trinajstić information content (AvgIpc) is 2.30. The monoisotopic (exact) mass is 258 g/mol. The first-order valence-electron chi connectivity index (χ1n) is 5.56. The lowest BCUT2D eigenvalue weighted by Crippen LogP contribution is -2.41. The van der Waals surface area contributed by atoms with Gasteiger partial charge in [0.1, 0.15) is 11.6 Å². The highest BCUT2D eigenvalue weighted by Crippen LogP contribution is 2.14. The fraction of sp³-hybridized carbons (Fsp3) is 0.417. The van der Waals surface area contributed by atoms with E-state index in [4.69, 9.17) is 0 Å². The minimum atomic E-state index is -1.02. The fourth-order valence-corrected chi connectivity index (χ4v) is 1.15. The summed E-state index contributed by atoms with van der Waals surface area (Å²) >= 11 is 0. The van der Waals surface area contributed by atoms with Crippen molar-refractivity contribution in [3.63, 3.8) is 0 Å². The molecule has 1 aromatic rings. The second-order valence-corrected chi connectivity index (χ2v) is 4.28. The van der Waals surface area contributed by atoms with E-state index in [1.54, 1.807) is 13.8 Å². The van der Waals surface area contributed by atoms with Crippen LogP contribution in [0, 0.1) is 11.6 Å². The van der Waals surface area contributed by atoms with Crippen molar-refractivity contribution in [2.45, 2.75) is 25.9 Å². The molecule has 0 unspecified atom stereocenters. The van der Waals surface area contributed by atoms with Crippen LogP contribution in [0.25, 0.3) is 0 Å². The van der Waals surface area contributed by atoms with E-state index in [1.165, 1.54) is 0 Å². The molecular formula is C12H16F2N2O2. The Morgan fingerprint density at radius 3 is 2.67 bits per heavy atom. The summed E-state index contributed by atoms with van der Waals surface area (Å²) in [5.74, 6) is -1.57. The molecule has 0 bridgehead atoms. The summed E-state index contributed by atoms with van der Waals surface area (Å²) in [5.41, 5.74) is -1.14. The first kappa shape index (κ1) is 14.4. The zero-order valence-electron chi connectivity index (χ0n) is 10.3. The second-order valence-electron chi connectivity index (χ2n) is 4.28. The number of anilines is 1. The van der Waals surface area contributed by atoms with Gasteiger partial charge in [0.15, 0.2) is 0 Å². The first-order valence-corrected chi connectivity index (χ1v) is 5.56. The third-order valence-electron chi connectivity index (χ3n) is 2.57. The summed E-state index contributed by atoms with van der Waals surface area (Å²) in [6.07, 6.45) is 0.470. The zero-order chi connectivity index (χ0) is 13.8. The maximum atomic E-state index is 13.2. The lowest BCUT2D eigenvalue weighted by molar-refractivity contribution is 0.0587. The van der Waals surface area contributed by atoms with Gasteiger partial charge in [0.25, 0.3) is 0 Å². The van der Waals surface area contributed by atoms with Crippen LogP contribution in [0.15, 0.2) is 18.2 Å². The average molecular weight is 258 g/mol. The highest BCUT2D eigenvalue weighted by atomic mass is 19.1. The van der Waals surface area contributed by atoms with Crippen LogP contribution in [-0.2, 0) is 0 Å².